The molecule has 0 aromatic heterocycles. The van der Waals surface area contributed by atoms with Gasteiger partial charge >= 0.3 is 0 Å². The molecule has 3 heteroatoms. The minimum Gasteiger partial charge on any atom is -0.490 e. The Kier molecular flexibility index (Phi) is 3.71. The molecule has 0 spiro atoms. The molecule has 0 fully saturated rings. The van der Waals surface area contributed by atoms with E-state index in [9.17, 15) is 4.39 Å². The van der Waals surface area contributed by atoms with E-state index in [0.29, 0.717) is 12.4 Å². The van der Waals surface area contributed by atoms with Crippen LogP contribution in [0.25, 0.3) is 0 Å². The lowest BCUT2D eigenvalue weighted by molar-refractivity contribution is 0.0715. The first-order valence-electron chi connectivity index (χ1n) is 4.05. The van der Waals surface area contributed by atoms with Crippen molar-refractivity contribution in [3.8, 4) is 5.75 Å². The van der Waals surface area contributed by atoms with Crippen molar-refractivity contribution in [3.63, 3.8) is 0 Å². The van der Waals surface area contributed by atoms with Crippen LogP contribution < -0.4 is 4.74 Å². The van der Waals surface area contributed by atoms with Gasteiger partial charge in [0.2, 0.25) is 0 Å². The first-order chi connectivity index (χ1) is 6.22. The molecular formula is C10H12FO2. The molecule has 0 N–H and O–H groups in total. The second-order valence-corrected chi connectivity index (χ2v) is 2.73. The molecule has 0 bridgehead atoms. The topological polar surface area (TPSA) is 18.5 Å². The van der Waals surface area contributed by atoms with Gasteiger partial charge in [0, 0.05) is 13.2 Å². The second kappa shape index (κ2) is 4.82. The van der Waals surface area contributed by atoms with Gasteiger partial charge < -0.3 is 9.47 Å². The largest absolute Gasteiger partial charge is 0.490 e. The second-order valence-electron chi connectivity index (χ2n) is 2.73. The van der Waals surface area contributed by atoms with Crippen molar-refractivity contribution in [2.24, 2.45) is 0 Å². The van der Waals surface area contributed by atoms with E-state index < -0.39 is 0 Å². The Bertz CT molecular complexity index is 246. The van der Waals surface area contributed by atoms with Crippen molar-refractivity contribution in [2.75, 3.05) is 13.7 Å². The predicted molar refractivity (Wildman–Crippen MR) is 47.2 cm³/mol. The quantitative estimate of drug-likeness (QED) is 0.711. The first-order valence-corrected chi connectivity index (χ1v) is 4.05. The molecule has 0 aliphatic carbocycles. The molecule has 1 atom stereocenters. The number of halogens is 1. The lowest BCUT2D eigenvalue weighted by Crippen LogP contribution is -2.15. The number of benzene rings is 1. The van der Waals surface area contributed by atoms with Crippen molar-refractivity contribution in [1.29, 1.82) is 0 Å². The lowest BCUT2D eigenvalue weighted by atomic mass is 10.3. The maximum Gasteiger partial charge on any atom is 0.127 e. The molecule has 13 heavy (non-hydrogen) atoms. The minimum absolute atomic E-state index is 0.0263. The molecular weight excluding hydrogens is 171 g/mol. The molecule has 0 heterocycles. The summed E-state index contributed by atoms with van der Waals surface area (Å²) in [6.45, 7) is 2.34. The fourth-order valence-corrected chi connectivity index (χ4v) is 0.757. The summed E-state index contributed by atoms with van der Waals surface area (Å²) in [6.07, 6.45) is 0.0263. The zero-order valence-corrected chi connectivity index (χ0v) is 7.71. The van der Waals surface area contributed by atoms with Gasteiger partial charge in [-0.2, -0.15) is 0 Å². The van der Waals surface area contributed by atoms with Gasteiger partial charge in [-0.3, -0.25) is 0 Å². The highest BCUT2D eigenvalue weighted by molar-refractivity contribution is 5.20. The molecule has 1 unspecified atom stereocenters. The van der Waals surface area contributed by atoms with E-state index in [1.807, 2.05) is 6.92 Å². The highest BCUT2D eigenvalue weighted by Crippen LogP contribution is 2.10. The highest BCUT2D eigenvalue weighted by atomic mass is 19.1. The molecule has 1 radical (unpaired) electrons. The Hall–Kier alpha value is -1.09. The summed E-state index contributed by atoms with van der Waals surface area (Å²) in [5, 5.41) is 0. The van der Waals surface area contributed by atoms with E-state index in [1.165, 1.54) is 18.2 Å². The van der Waals surface area contributed by atoms with Crippen LogP contribution in [0.1, 0.15) is 6.92 Å². The van der Waals surface area contributed by atoms with Gasteiger partial charge in [-0.05, 0) is 25.1 Å². The molecule has 0 aliphatic rings. The first kappa shape index (κ1) is 9.99. The van der Waals surface area contributed by atoms with Crippen LogP contribution in [0.4, 0.5) is 4.39 Å². The van der Waals surface area contributed by atoms with Crippen LogP contribution in [0, 0.1) is 11.9 Å². The van der Waals surface area contributed by atoms with Gasteiger partial charge in [-0.15, -0.1) is 0 Å². The third-order valence-corrected chi connectivity index (χ3v) is 1.62. The summed E-state index contributed by atoms with van der Waals surface area (Å²) in [7, 11) is 1.61. The van der Waals surface area contributed by atoms with Gasteiger partial charge in [0.25, 0.3) is 0 Å². The van der Waals surface area contributed by atoms with Crippen LogP contribution in [-0.2, 0) is 4.74 Å². The summed E-state index contributed by atoms with van der Waals surface area (Å²) in [6, 6.07) is 6.78. The van der Waals surface area contributed by atoms with E-state index in [2.05, 4.69) is 6.07 Å². The van der Waals surface area contributed by atoms with E-state index in [1.54, 1.807) is 7.11 Å². The highest BCUT2D eigenvalue weighted by Gasteiger charge is 2.00. The van der Waals surface area contributed by atoms with Crippen LogP contribution in [0.15, 0.2) is 18.2 Å². The van der Waals surface area contributed by atoms with Crippen molar-refractivity contribution < 1.29 is 13.9 Å². The predicted octanol–water partition coefficient (Wildman–Crippen LogP) is 2.04. The average Bonchev–Trinajstić information content (AvgIpc) is 2.16. The molecule has 0 aliphatic heterocycles. The van der Waals surface area contributed by atoms with E-state index in [-0.39, 0.29) is 11.9 Å². The molecule has 0 amide bonds. The Morgan fingerprint density at radius 1 is 1.54 bits per heavy atom. The molecule has 1 aromatic rings. The van der Waals surface area contributed by atoms with Crippen molar-refractivity contribution in [3.05, 3.63) is 30.1 Å². The Morgan fingerprint density at radius 2 is 2.31 bits per heavy atom. The minimum atomic E-state index is -0.313. The van der Waals surface area contributed by atoms with Crippen molar-refractivity contribution in [1.82, 2.24) is 0 Å². The van der Waals surface area contributed by atoms with Crippen LogP contribution in [-0.4, -0.2) is 19.8 Å². The normalized spacial score (nSPS) is 12.5. The average molecular weight is 183 g/mol. The van der Waals surface area contributed by atoms with Crippen LogP contribution in [0.2, 0.25) is 0 Å². The summed E-state index contributed by atoms with van der Waals surface area (Å²) in [5.41, 5.74) is 0. The summed E-state index contributed by atoms with van der Waals surface area (Å²) in [4.78, 5) is 0. The third kappa shape index (κ3) is 3.42. The van der Waals surface area contributed by atoms with Crippen LogP contribution in [0.5, 0.6) is 5.75 Å². The monoisotopic (exact) mass is 183 g/mol. The maximum absolute atomic E-state index is 12.4. The molecule has 2 nitrogen and oxygen atoms in total. The van der Waals surface area contributed by atoms with Crippen molar-refractivity contribution >= 4 is 0 Å². The summed E-state index contributed by atoms with van der Waals surface area (Å²) in [5.74, 6) is 0.220. The van der Waals surface area contributed by atoms with Gasteiger partial charge in [-0.25, -0.2) is 4.39 Å². The number of ether oxygens (including phenoxy) is 2. The zero-order chi connectivity index (χ0) is 9.68. The van der Waals surface area contributed by atoms with Crippen LogP contribution >= 0.6 is 0 Å². The Morgan fingerprint density at radius 3 is 2.85 bits per heavy atom. The van der Waals surface area contributed by atoms with Gasteiger partial charge in [-0.1, -0.05) is 0 Å². The maximum atomic E-state index is 12.4. The standard InChI is InChI=1S/C10H12FO2/c1-8(12-2)7-13-10-5-3-9(11)4-6-10/h3-5,8H,7H2,1-2H3. The third-order valence-electron chi connectivity index (χ3n) is 1.62. The number of hydrogen-bond donors (Lipinski definition) is 0. The number of rotatable bonds is 4. The number of methoxy groups -OCH3 is 1. The van der Waals surface area contributed by atoms with E-state index in [4.69, 9.17) is 9.47 Å². The summed E-state index contributed by atoms with van der Waals surface area (Å²) < 4.78 is 22.7. The van der Waals surface area contributed by atoms with E-state index >= 15 is 0 Å². The smallest absolute Gasteiger partial charge is 0.127 e. The number of hydrogen-bond acceptors (Lipinski definition) is 2. The van der Waals surface area contributed by atoms with E-state index in [0.717, 1.165) is 0 Å². The van der Waals surface area contributed by atoms with Crippen molar-refractivity contribution in [2.45, 2.75) is 13.0 Å². The molecule has 1 aromatic carbocycles. The molecule has 1 rings (SSSR count). The fourth-order valence-electron chi connectivity index (χ4n) is 0.757. The lowest BCUT2D eigenvalue weighted by Gasteiger charge is -2.10. The van der Waals surface area contributed by atoms with Gasteiger partial charge in [0.15, 0.2) is 0 Å². The molecule has 0 saturated heterocycles. The van der Waals surface area contributed by atoms with Crippen LogP contribution in [0.3, 0.4) is 0 Å². The fraction of sp³-hybridized carbons (Fsp3) is 0.400. The van der Waals surface area contributed by atoms with Gasteiger partial charge in [0.1, 0.15) is 18.2 Å². The molecule has 71 valence electrons. The Balaban J connectivity index is 2.41. The summed E-state index contributed by atoms with van der Waals surface area (Å²) >= 11 is 0. The zero-order valence-electron chi connectivity index (χ0n) is 7.71. The molecule has 0 saturated carbocycles. The Labute approximate surface area is 77.3 Å². The van der Waals surface area contributed by atoms with Gasteiger partial charge in [0.05, 0.1) is 6.10 Å². The SMILES string of the molecule is COC(C)COc1[c]cc(F)cc1.